The molecule has 0 fully saturated rings. The number of hydrogen-bond donors (Lipinski definition) is 1. The van der Waals surface area contributed by atoms with Gasteiger partial charge in [0.2, 0.25) is 5.91 Å². The van der Waals surface area contributed by atoms with Gasteiger partial charge in [-0.15, -0.1) is 0 Å². The van der Waals surface area contributed by atoms with E-state index in [0.717, 1.165) is 22.9 Å². The molecule has 2 atom stereocenters. The summed E-state index contributed by atoms with van der Waals surface area (Å²) in [6.07, 6.45) is 0.158. The standard InChI is InChI=1S/C32H30N2O4/c1-19-9-11-26-24(15-19)13-14-34(31(26)23-7-5-4-6-8-23)29(35)17-22-10-12-27-25(16-22)18-28(37-27)32(36)30-20(2)33-38-21(30)3/h4-12,15-16,18,31-32,36H,13-14,17H2,1-3H3. The summed E-state index contributed by atoms with van der Waals surface area (Å²) in [4.78, 5) is 15.8. The number of aliphatic hydroxyl groups is 1. The van der Waals surface area contributed by atoms with Crippen molar-refractivity contribution in [1.29, 1.82) is 0 Å². The molecule has 2 aromatic heterocycles. The number of carbonyl (C=O) groups excluding carboxylic acids is 1. The summed E-state index contributed by atoms with van der Waals surface area (Å²) in [5.41, 5.74) is 7.68. The van der Waals surface area contributed by atoms with Crippen molar-refractivity contribution in [2.24, 2.45) is 0 Å². The molecular formula is C32H30N2O4. The van der Waals surface area contributed by atoms with Crippen molar-refractivity contribution in [2.75, 3.05) is 6.54 Å². The molecule has 192 valence electrons. The van der Waals surface area contributed by atoms with Gasteiger partial charge in [-0.1, -0.05) is 65.3 Å². The Kier molecular flexibility index (Phi) is 6.12. The van der Waals surface area contributed by atoms with Crippen LogP contribution in [0.3, 0.4) is 0 Å². The topological polar surface area (TPSA) is 79.7 Å². The summed E-state index contributed by atoms with van der Waals surface area (Å²) in [6.45, 7) is 6.36. The maximum Gasteiger partial charge on any atom is 0.227 e. The van der Waals surface area contributed by atoms with Crippen LogP contribution in [0.25, 0.3) is 11.0 Å². The number of carbonyl (C=O) groups is 1. The molecule has 6 rings (SSSR count). The van der Waals surface area contributed by atoms with E-state index in [-0.39, 0.29) is 18.4 Å². The molecule has 1 aliphatic rings. The number of furan rings is 1. The zero-order valence-corrected chi connectivity index (χ0v) is 21.8. The highest BCUT2D eigenvalue weighted by Gasteiger charge is 2.32. The molecule has 3 heterocycles. The van der Waals surface area contributed by atoms with E-state index >= 15 is 0 Å². The lowest BCUT2D eigenvalue weighted by molar-refractivity contribution is -0.132. The summed E-state index contributed by atoms with van der Waals surface area (Å²) in [5.74, 6) is 1.07. The van der Waals surface area contributed by atoms with Crippen molar-refractivity contribution < 1.29 is 18.8 Å². The van der Waals surface area contributed by atoms with Crippen LogP contribution in [0.15, 0.2) is 81.7 Å². The van der Waals surface area contributed by atoms with Crippen molar-refractivity contribution in [1.82, 2.24) is 10.1 Å². The molecule has 0 aliphatic carbocycles. The molecule has 6 nitrogen and oxygen atoms in total. The molecule has 1 aliphatic heterocycles. The molecule has 1 N–H and O–H groups in total. The number of aryl methyl sites for hydroxylation is 3. The number of nitrogens with zero attached hydrogens (tertiary/aromatic N) is 2. The number of hydrogen-bond acceptors (Lipinski definition) is 5. The average molecular weight is 507 g/mol. The Hall–Kier alpha value is -4.16. The van der Waals surface area contributed by atoms with E-state index in [1.54, 1.807) is 13.8 Å². The molecule has 2 unspecified atom stereocenters. The molecule has 6 heteroatoms. The van der Waals surface area contributed by atoms with Crippen molar-refractivity contribution in [3.05, 3.63) is 123 Å². The van der Waals surface area contributed by atoms with Crippen LogP contribution >= 0.6 is 0 Å². The smallest absolute Gasteiger partial charge is 0.227 e. The van der Waals surface area contributed by atoms with Gasteiger partial charge in [0, 0.05) is 11.9 Å². The van der Waals surface area contributed by atoms with E-state index in [2.05, 4.69) is 42.4 Å². The minimum atomic E-state index is -0.970. The van der Waals surface area contributed by atoms with Crippen molar-refractivity contribution >= 4 is 16.9 Å². The molecule has 3 aromatic carbocycles. The predicted octanol–water partition coefficient (Wildman–Crippen LogP) is 6.14. The number of benzene rings is 3. The van der Waals surface area contributed by atoms with Crippen molar-refractivity contribution in [3.8, 4) is 0 Å². The largest absolute Gasteiger partial charge is 0.458 e. The fourth-order valence-corrected chi connectivity index (χ4v) is 5.68. The molecule has 38 heavy (non-hydrogen) atoms. The van der Waals surface area contributed by atoms with E-state index < -0.39 is 6.10 Å². The van der Waals surface area contributed by atoms with Crippen molar-refractivity contribution in [3.63, 3.8) is 0 Å². The molecule has 0 saturated carbocycles. The third-order valence-electron chi connectivity index (χ3n) is 7.55. The van der Waals surface area contributed by atoms with Gasteiger partial charge in [-0.25, -0.2) is 0 Å². The summed E-state index contributed by atoms with van der Waals surface area (Å²) in [5, 5.41) is 15.7. The SMILES string of the molecule is Cc1ccc2c(c1)CCN(C(=O)Cc1ccc3oc(C(O)c4c(C)noc4C)cc3c1)C2c1ccccc1. The quantitative estimate of drug-likeness (QED) is 0.310. The Morgan fingerprint density at radius 2 is 1.87 bits per heavy atom. The zero-order chi connectivity index (χ0) is 26.4. The molecule has 0 saturated heterocycles. The first-order chi connectivity index (χ1) is 18.4. The van der Waals surface area contributed by atoms with Gasteiger partial charge in [-0.2, -0.15) is 0 Å². The number of aromatic nitrogens is 1. The minimum Gasteiger partial charge on any atom is -0.458 e. The highest BCUT2D eigenvalue weighted by Crippen LogP contribution is 2.36. The van der Waals surface area contributed by atoms with Crippen LogP contribution in [0.1, 0.15) is 62.7 Å². The summed E-state index contributed by atoms with van der Waals surface area (Å²) in [7, 11) is 0. The van der Waals surface area contributed by atoms with Gasteiger partial charge in [0.15, 0.2) is 0 Å². The van der Waals surface area contributed by atoms with Gasteiger partial charge in [0.05, 0.1) is 23.7 Å². The second kappa shape index (κ2) is 9.62. The first-order valence-electron chi connectivity index (χ1n) is 13.0. The van der Waals surface area contributed by atoms with Crippen LogP contribution in [0, 0.1) is 20.8 Å². The molecular weight excluding hydrogens is 476 g/mol. The number of amides is 1. The second-order valence-electron chi connectivity index (χ2n) is 10.2. The first kappa shape index (κ1) is 24.2. The first-order valence-corrected chi connectivity index (χ1v) is 13.0. The number of rotatable bonds is 5. The molecule has 0 bridgehead atoms. The van der Waals surface area contributed by atoms with Crippen LogP contribution in [0.5, 0.6) is 0 Å². The Labute approximate surface area is 221 Å². The van der Waals surface area contributed by atoms with Crippen molar-refractivity contribution in [2.45, 2.75) is 45.8 Å². The Balaban J connectivity index is 1.28. The van der Waals surface area contributed by atoms with Gasteiger partial charge in [0.25, 0.3) is 0 Å². The third-order valence-corrected chi connectivity index (χ3v) is 7.55. The maximum atomic E-state index is 13.8. The molecule has 0 spiro atoms. The van der Waals surface area contributed by atoms with Gasteiger partial charge in [-0.05, 0) is 67.6 Å². The Bertz CT molecular complexity index is 1610. The van der Waals surface area contributed by atoms with E-state index in [9.17, 15) is 9.90 Å². The fourth-order valence-electron chi connectivity index (χ4n) is 5.68. The van der Waals surface area contributed by atoms with Gasteiger partial charge >= 0.3 is 0 Å². The van der Waals surface area contributed by atoms with Crippen LogP contribution in [0.2, 0.25) is 0 Å². The molecule has 0 radical (unpaired) electrons. The Morgan fingerprint density at radius 1 is 1.05 bits per heavy atom. The second-order valence-corrected chi connectivity index (χ2v) is 10.2. The lowest BCUT2D eigenvalue weighted by Gasteiger charge is -2.38. The van der Waals surface area contributed by atoms with Gasteiger partial charge in [0.1, 0.15) is 23.2 Å². The van der Waals surface area contributed by atoms with Gasteiger partial charge in [-0.3, -0.25) is 4.79 Å². The van der Waals surface area contributed by atoms with E-state index in [0.29, 0.717) is 34.9 Å². The lowest BCUT2D eigenvalue weighted by Crippen LogP contribution is -2.41. The van der Waals surface area contributed by atoms with Crippen LogP contribution in [-0.2, 0) is 17.6 Å². The summed E-state index contributed by atoms with van der Waals surface area (Å²) < 4.78 is 11.2. The normalized spacial score (nSPS) is 16.0. The minimum absolute atomic E-state index is 0.0869. The highest BCUT2D eigenvalue weighted by molar-refractivity contribution is 5.84. The van der Waals surface area contributed by atoms with Crippen LogP contribution in [0.4, 0.5) is 0 Å². The molecule has 5 aromatic rings. The van der Waals surface area contributed by atoms with Gasteiger partial charge < -0.3 is 18.9 Å². The number of aliphatic hydroxyl groups excluding tert-OH is 1. The van der Waals surface area contributed by atoms with Crippen LogP contribution in [-0.4, -0.2) is 27.6 Å². The van der Waals surface area contributed by atoms with E-state index in [1.165, 1.54) is 16.7 Å². The lowest BCUT2D eigenvalue weighted by atomic mass is 9.87. The monoisotopic (exact) mass is 506 g/mol. The summed E-state index contributed by atoms with van der Waals surface area (Å²) >= 11 is 0. The van der Waals surface area contributed by atoms with Crippen LogP contribution < -0.4 is 0 Å². The number of fused-ring (bicyclic) bond motifs is 2. The third kappa shape index (κ3) is 4.31. The highest BCUT2D eigenvalue weighted by atomic mass is 16.5. The zero-order valence-electron chi connectivity index (χ0n) is 21.8. The summed E-state index contributed by atoms with van der Waals surface area (Å²) in [6, 6.07) is 24.3. The molecule has 1 amide bonds. The van der Waals surface area contributed by atoms with E-state index in [1.807, 2.05) is 47.4 Å². The Morgan fingerprint density at radius 3 is 2.63 bits per heavy atom. The maximum absolute atomic E-state index is 13.8. The fraction of sp³-hybridized carbons (Fsp3) is 0.250. The average Bonchev–Trinajstić information content (AvgIpc) is 3.50. The predicted molar refractivity (Wildman–Crippen MR) is 145 cm³/mol. The van der Waals surface area contributed by atoms with E-state index in [4.69, 9.17) is 8.94 Å².